The molecule has 7 heteroatoms. The van der Waals surface area contributed by atoms with Crippen LogP contribution >= 0.6 is 0 Å². The third-order valence-electron chi connectivity index (χ3n) is 7.04. The van der Waals surface area contributed by atoms with Crippen LogP contribution < -0.4 is 26.4 Å². The maximum atomic E-state index is 5.02. The molecule has 2 aromatic rings. The second kappa shape index (κ2) is 11.4. The van der Waals surface area contributed by atoms with Crippen LogP contribution in [0.4, 0.5) is 11.5 Å². The van der Waals surface area contributed by atoms with Gasteiger partial charge in [-0.05, 0) is 63.1 Å². The molecule has 34 heavy (non-hydrogen) atoms. The van der Waals surface area contributed by atoms with E-state index in [1.54, 1.807) is 6.20 Å². The van der Waals surface area contributed by atoms with Crippen molar-refractivity contribution in [2.24, 2.45) is 15.0 Å². The minimum atomic E-state index is 0.112. The highest BCUT2D eigenvalue weighted by atomic mass is 15.2. The van der Waals surface area contributed by atoms with Gasteiger partial charge in [0.1, 0.15) is 23.5 Å². The molecule has 0 atom stereocenters. The zero-order valence-corrected chi connectivity index (χ0v) is 20.8. The summed E-state index contributed by atoms with van der Waals surface area (Å²) in [4.78, 5) is 21.0. The number of nitrogens with zero attached hydrogens (tertiary/aromatic N) is 6. The highest BCUT2D eigenvalue weighted by molar-refractivity contribution is 5.49. The number of rotatable bonds is 9. The lowest BCUT2D eigenvalue weighted by Gasteiger charge is -2.41. The van der Waals surface area contributed by atoms with Gasteiger partial charge in [0.25, 0.3) is 0 Å². The Morgan fingerprint density at radius 1 is 1.09 bits per heavy atom. The molecule has 7 nitrogen and oxygen atoms in total. The normalized spacial score (nSPS) is 17.8. The van der Waals surface area contributed by atoms with Crippen LogP contribution in [0.15, 0.2) is 45.4 Å². The fraction of sp³-hybridized carbons (Fsp3) is 0.556. The van der Waals surface area contributed by atoms with E-state index in [0.29, 0.717) is 6.67 Å². The van der Waals surface area contributed by atoms with Gasteiger partial charge < -0.3 is 14.8 Å². The lowest BCUT2D eigenvalue weighted by Crippen LogP contribution is -2.56. The molecule has 1 fully saturated rings. The van der Waals surface area contributed by atoms with Crippen molar-refractivity contribution in [2.45, 2.75) is 70.8 Å². The van der Waals surface area contributed by atoms with Crippen LogP contribution in [0.25, 0.3) is 6.20 Å². The van der Waals surface area contributed by atoms with Crippen molar-refractivity contribution in [1.29, 1.82) is 0 Å². The van der Waals surface area contributed by atoms with Gasteiger partial charge in [0.15, 0.2) is 0 Å². The molecular formula is C27H39N7. The van der Waals surface area contributed by atoms with E-state index < -0.39 is 0 Å². The Bertz CT molecular complexity index is 1130. The Hall–Kier alpha value is -2.96. The van der Waals surface area contributed by atoms with Crippen molar-refractivity contribution in [3.63, 3.8) is 0 Å². The minimum absolute atomic E-state index is 0.112. The molecule has 0 radical (unpaired) electrons. The van der Waals surface area contributed by atoms with Gasteiger partial charge in [-0.2, -0.15) is 0 Å². The molecule has 1 aliphatic heterocycles. The standard InChI is InChI=1S/C27H39N7/c1-4-17-33(18-5-2)23-10-11-24(30-20-23)31-21-32-26-22(19-28-3)9-12-25-29-16-15-27(34(25)26)13-7-6-8-14-27/h9-12,19-20H,3-8,13-18,21H2,1-2H3,(H,30,31)/b22-19-,32-26+. The smallest absolute Gasteiger partial charge is 0.140 e. The van der Waals surface area contributed by atoms with Gasteiger partial charge in [0.05, 0.1) is 11.9 Å². The van der Waals surface area contributed by atoms with Crippen LogP contribution in [-0.4, -0.2) is 42.6 Å². The Labute approximate surface area is 203 Å². The molecular weight excluding hydrogens is 422 g/mol. The van der Waals surface area contributed by atoms with Crippen LogP contribution in [0, 0.1) is 0 Å². The van der Waals surface area contributed by atoms with E-state index in [1.807, 2.05) is 12.3 Å². The summed E-state index contributed by atoms with van der Waals surface area (Å²) in [6.45, 7) is 11.5. The largest absolute Gasteiger partial charge is 0.370 e. The number of nitrogens with one attached hydrogen (secondary N) is 1. The molecule has 1 aliphatic carbocycles. The van der Waals surface area contributed by atoms with Gasteiger partial charge in [0.2, 0.25) is 0 Å². The van der Waals surface area contributed by atoms with Gasteiger partial charge >= 0.3 is 0 Å². The summed E-state index contributed by atoms with van der Waals surface area (Å²) in [7, 11) is 0. The van der Waals surface area contributed by atoms with Gasteiger partial charge in [-0.15, -0.1) is 0 Å². The molecule has 1 saturated carbocycles. The molecule has 0 amide bonds. The summed E-state index contributed by atoms with van der Waals surface area (Å²) in [5.74, 6) is 0.833. The molecule has 1 N–H and O–H groups in total. The zero-order chi connectivity index (χ0) is 23.8. The fourth-order valence-corrected chi connectivity index (χ4v) is 5.46. The third-order valence-corrected chi connectivity index (χ3v) is 7.04. The highest BCUT2D eigenvalue weighted by Crippen LogP contribution is 2.36. The molecule has 2 aliphatic rings. The van der Waals surface area contributed by atoms with Crippen LogP contribution in [0.1, 0.15) is 65.2 Å². The molecule has 0 unspecified atom stereocenters. The van der Waals surface area contributed by atoms with Gasteiger partial charge in [-0.25, -0.2) is 9.98 Å². The lowest BCUT2D eigenvalue weighted by atomic mass is 9.78. The number of anilines is 2. The molecule has 0 bridgehead atoms. The van der Waals surface area contributed by atoms with Gasteiger partial charge in [0, 0.05) is 36.6 Å². The number of fused-ring (bicyclic) bond motifs is 2. The average Bonchev–Trinajstić information content (AvgIpc) is 2.86. The van der Waals surface area contributed by atoms with E-state index in [9.17, 15) is 0 Å². The van der Waals surface area contributed by atoms with E-state index in [1.165, 1.54) is 37.8 Å². The quantitative estimate of drug-likeness (QED) is 0.580. The molecule has 4 rings (SSSR count). The number of aliphatic imine (C=N–C) groups is 1. The van der Waals surface area contributed by atoms with Gasteiger partial charge in [-0.3, -0.25) is 9.98 Å². The second-order valence-electron chi connectivity index (χ2n) is 9.42. The Morgan fingerprint density at radius 3 is 2.56 bits per heavy atom. The Morgan fingerprint density at radius 2 is 1.88 bits per heavy atom. The van der Waals surface area contributed by atoms with Crippen molar-refractivity contribution in [3.05, 3.63) is 46.7 Å². The predicted molar refractivity (Wildman–Crippen MR) is 141 cm³/mol. The van der Waals surface area contributed by atoms with Crippen molar-refractivity contribution in [1.82, 2.24) is 9.55 Å². The number of hydrogen-bond acceptors (Lipinski definition) is 6. The molecule has 0 saturated heterocycles. The summed E-state index contributed by atoms with van der Waals surface area (Å²) in [5, 5.41) is 4.38. The number of aromatic nitrogens is 2. The average molecular weight is 462 g/mol. The monoisotopic (exact) mass is 461 g/mol. The summed E-state index contributed by atoms with van der Waals surface area (Å²) in [5.41, 5.74) is 3.26. The summed E-state index contributed by atoms with van der Waals surface area (Å²) in [6.07, 6.45) is 13.3. The van der Waals surface area contributed by atoms with Crippen LogP contribution in [0.5, 0.6) is 0 Å². The highest BCUT2D eigenvalue weighted by Gasteiger charge is 2.36. The van der Waals surface area contributed by atoms with E-state index >= 15 is 0 Å². The minimum Gasteiger partial charge on any atom is -0.370 e. The van der Waals surface area contributed by atoms with E-state index in [0.717, 1.165) is 60.9 Å². The molecule has 0 aromatic carbocycles. The molecule has 2 aromatic heterocycles. The van der Waals surface area contributed by atoms with Crippen LogP contribution in [-0.2, 0) is 5.54 Å². The first-order chi connectivity index (χ1) is 16.7. The SMILES string of the molecule is C=N/C=c1/ccc2n(/c1=N/CNc1ccc(N(CCC)CCC)cn1)C1(CCCCC1)CCN=2. The topological polar surface area (TPSA) is 70.2 Å². The summed E-state index contributed by atoms with van der Waals surface area (Å²) < 4.78 is 2.40. The van der Waals surface area contributed by atoms with E-state index in [2.05, 4.69) is 63.5 Å². The zero-order valence-electron chi connectivity index (χ0n) is 20.8. The summed E-state index contributed by atoms with van der Waals surface area (Å²) in [6, 6.07) is 8.37. The van der Waals surface area contributed by atoms with Crippen molar-refractivity contribution in [3.8, 4) is 0 Å². The second-order valence-corrected chi connectivity index (χ2v) is 9.42. The maximum absolute atomic E-state index is 5.02. The molecule has 3 heterocycles. The van der Waals surface area contributed by atoms with Crippen LogP contribution in [0.3, 0.4) is 0 Å². The molecule has 182 valence electrons. The van der Waals surface area contributed by atoms with Crippen LogP contribution in [0.2, 0.25) is 0 Å². The van der Waals surface area contributed by atoms with E-state index in [-0.39, 0.29) is 5.54 Å². The Balaban J connectivity index is 1.62. The lowest BCUT2D eigenvalue weighted by molar-refractivity contribution is 0.156. The van der Waals surface area contributed by atoms with Gasteiger partial charge in [-0.1, -0.05) is 33.1 Å². The number of pyridine rings is 2. The molecule has 1 spiro atoms. The first-order valence-corrected chi connectivity index (χ1v) is 12.9. The third kappa shape index (κ3) is 5.24. The predicted octanol–water partition coefficient (Wildman–Crippen LogP) is 3.60. The van der Waals surface area contributed by atoms with E-state index in [4.69, 9.17) is 9.98 Å². The number of hydrogen-bond donors (Lipinski definition) is 1. The van der Waals surface area contributed by atoms with Crippen molar-refractivity contribution < 1.29 is 0 Å². The van der Waals surface area contributed by atoms with Crippen molar-refractivity contribution >= 4 is 24.4 Å². The first-order valence-electron chi connectivity index (χ1n) is 12.9. The Kier molecular flexibility index (Phi) is 8.14. The maximum Gasteiger partial charge on any atom is 0.140 e. The fourth-order valence-electron chi connectivity index (χ4n) is 5.46. The first kappa shape index (κ1) is 24.2. The van der Waals surface area contributed by atoms with Crippen molar-refractivity contribution in [2.75, 3.05) is 36.5 Å². The summed E-state index contributed by atoms with van der Waals surface area (Å²) >= 11 is 0.